The van der Waals surface area contributed by atoms with Gasteiger partial charge in [0.2, 0.25) is 0 Å². The Bertz CT molecular complexity index is 892. The molecule has 1 aromatic carbocycles. The minimum absolute atomic E-state index is 0.249. The van der Waals surface area contributed by atoms with E-state index in [2.05, 4.69) is 9.97 Å². The molecule has 0 saturated carbocycles. The number of halogens is 1. The molecule has 21 heavy (non-hydrogen) atoms. The van der Waals surface area contributed by atoms with Crippen molar-refractivity contribution in [3.63, 3.8) is 0 Å². The van der Waals surface area contributed by atoms with Gasteiger partial charge in [0.05, 0.1) is 5.69 Å². The summed E-state index contributed by atoms with van der Waals surface area (Å²) in [7, 11) is 0. The molecule has 0 aliphatic heterocycles. The molecule has 0 bridgehead atoms. The number of rotatable bonds is 2. The first-order valence-corrected chi connectivity index (χ1v) is 6.54. The van der Waals surface area contributed by atoms with Crippen molar-refractivity contribution in [3.8, 4) is 17.1 Å². The Labute approximate surface area is 120 Å². The van der Waals surface area contributed by atoms with E-state index in [1.54, 1.807) is 24.7 Å². The highest BCUT2D eigenvalue weighted by molar-refractivity contribution is 5.63. The molecular formula is C16H11FN4. The van der Waals surface area contributed by atoms with Gasteiger partial charge < -0.3 is 0 Å². The SMILES string of the molecule is Fc1ccc(-c2cn3c(-n4ccnc4)cccc3n2)cc1. The van der Waals surface area contributed by atoms with Gasteiger partial charge in [0, 0.05) is 24.2 Å². The maximum Gasteiger partial charge on any atom is 0.139 e. The van der Waals surface area contributed by atoms with Crippen LogP contribution in [0.4, 0.5) is 4.39 Å². The predicted octanol–water partition coefficient (Wildman–Crippen LogP) is 3.33. The maximum atomic E-state index is 13.0. The number of fused-ring (bicyclic) bond motifs is 1. The highest BCUT2D eigenvalue weighted by Crippen LogP contribution is 2.21. The molecule has 0 unspecified atom stereocenters. The summed E-state index contributed by atoms with van der Waals surface area (Å²) in [6.45, 7) is 0. The van der Waals surface area contributed by atoms with Crippen LogP contribution in [0.5, 0.6) is 0 Å². The number of hydrogen-bond donors (Lipinski definition) is 0. The summed E-state index contributed by atoms with van der Waals surface area (Å²) >= 11 is 0. The standard InChI is InChI=1S/C16H11FN4/c17-13-6-4-12(5-7-13)14-10-21-15(19-14)2-1-3-16(21)20-9-8-18-11-20/h1-11H. The van der Waals surface area contributed by atoms with Crippen molar-refractivity contribution in [1.29, 1.82) is 0 Å². The summed E-state index contributed by atoms with van der Waals surface area (Å²) in [6.07, 6.45) is 7.30. The zero-order chi connectivity index (χ0) is 14.2. The average molecular weight is 278 g/mol. The third-order valence-corrected chi connectivity index (χ3v) is 3.38. The van der Waals surface area contributed by atoms with Crippen molar-refractivity contribution in [3.05, 3.63) is 73.2 Å². The van der Waals surface area contributed by atoms with Crippen LogP contribution in [0.25, 0.3) is 22.7 Å². The zero-order valence-electron chi connectivity index (χ0n) is 11.0. The van der Waals surface area contributed by atoms with E-state index in [0.717, 1.165) is 22.7 Å². The lowest BCUT2D eigenvalue weighted by Gasteiger charge is -2.04. The van der Waals surface area contributed by atoms with Gasteiger partial charge in [-0.2, -0.15) is 0 Å². The Morgan fingerprint density at radius 2 is 1.86 bits per heavy atom. The first kappa shape index (κ1) is 11.8. The van der Waals surface area contributed by atoms with Gasteiger partial charge >= 0.3 is 0 Å². The summed E-state index contributed by atoms with van der Waals surface area (Å²) in [5.41, 5.74) is 2.53. The lowest BCUT2D eigenvalue weighted by molar-refractivity contribution is 0.628. The highest BCUT2D eigenvalue weighted by atomic mass is 19.1. The van der Waals surface area contributed by atoms with E-state index in [-0.39, 0.29) is 5.82 Å². The van der Waals surface area contributed by atoms with E-state index in [1.165, 1.54) is 12.1 Å². The smallest absolute Gasteiger partial charge is 0.139 e. The predicted molar refractivity (Wildman–Crippen MR) is 77.7 cm³/mol. The minimum Gasteiger partial charge on any atom is -0.292 e. The molecule has 102 valence electrons. The van der Waals surface area contributed by atoms with Gasteiger partial charge in [-0.1, -0.05) is 6.07 Å². The Kier molecular flexibility index (Phi) is 2.57. The van der Waals surface area contributed by atoms with Crippen LogP contribution in [0, 0.1) is 5.82 Å². The second-order valence-electron chi connectivity index (χ2n) is 4.72. The number of imidazole rings is 2. The molecule has 0 aliphatic carbocycles. The second-order valence-corrected chi connectivity index (χ2v) is 4.72. The van der Waals surface area contributed by atoms with Crippen LogP contribution in [0.3, 0.4) is 0 Å². The molecule has 4 rings (SSSR count). The fourth-order valence-corrected chi connectivity index (χ4v) is 2.36. The van der Waals surface area contributed by atoms with Gasteiger partial charge in [0.1, 0.15) is 23.6 Å². The molecule has 3 heterocycles. The van der Waals surface area contributed by atoms with E-state index in [4.69, 9.17) is 0 Å². The van der Waals surface area contributed by atoms with E-state index >= 15 is 0 Å². The number of hydrogen-bond acceptors (Lipinski definition) is 2. The van der Waals surface area contributed by atoms with Crippen LogP contribution in [0.2, 0.25) is 0 Å². The molecular weight excluding hydrogens is 267 g/mol. The van der Waals surface area contributed by atoms with Crippen LogP contribution in [0.15, 0.2) is 67.4 Å². The van der Waals surface area contributed by atoms with Crippen molar-refractivity contribution in [2.45, 2.75) is 0 Å². The number of nitrogens with zero attached hydrogens (tertiary/aromatic N) is 4. The third kappa shape index (κ3) is 1.99. The molecule has 0 aliphatic rings. The molecule has 0 fully saturated rings. The van der Waals surface area contributed by atoms with Crippen LogP contribution in [0.1, 0.15) is 0 Å². The molecule has 0 saturated heterocycles. The molecule has 4 nitrogen and oxygen atoms in total. The first-order valence-electron chi connectivity index (χ1n) is 6.54. The molecule has 0 N–H and O–H groups in total. The first-order chi connectivity index (χ1) is 10.3. The fourth-order valence-electron chi connectivity index (χ4n) is 2.36. The largest absolute Gasteiger partial charge is 0.292 e. The minimum atomic E-state index is -0.249. The van der Waals surface area contributed by atoms with E-state index in [1.807, 2.05) is 39.6 Å². The van der Waals surface area contributed by atoms with E-state index < -0.39 is 0 Å². The van der Waals surface area contributed by atoms with Crippen molar-refractivity contribution in [2.75, 3.05) is 0 Å². The molecule has 0 atom stereocenters. The molecule has 0 amide bonds. The highest BCUT2D eigenvalue weighted by Gasteiger charge is 2.08. The zero-order valence-corrected chi connectivity index (χ0v) is 11.0. The van der Waals surface area contributed by atoms with Crippen molar-refractivity contribution in [1.82, 2.24) is 18.9 Å². The summed E-state index contributed by atoms with van der Waals surface area (Å²) in [4.78, 5) is 8.66. The topological polar surface area (TPSA) is 35.1 Å². The quantitative estimate of drug-likeness (QED) is 0.564. The van der Waals surface area contributed by atoms with Crippen LogP contribution in [-0.2, 0) is 0 Å². The maximum absolute atomic E-state index is 13.0. The summed E-state index contributed by atoms with van der Waals surface area (Å²) < 4.78 is 16.9. The number of pyridine rings is 1. The number of benzene rings is 1. The lowest BCUT2D eigenvalue weighted by atomic mass is 10.2. The van der Waals surface area contributed by atoms with Gasteiger partial charge in [0.25, 0.3) is 0 Å². The van der Waals surface area contributed by atoms with Gasteiger partial charge in [-0.3, -0.25) is 8.97 Å². The Balaban J connectivity index is 1.90. The van der Waals surface area contributed by atoms with Crippen molar-refractivity contribution < 1.29 is 4.39 Å². The summed E-state index contributed by atoms with van der Waals surface area (Å²) in [6, 6.07) is 12.2. The van der Waals surface area contributed by atoms with Gasteiger partial charge in [-0.25, -0.2) is 14.4 Å². The summed E-state index contributed by atoms with van der Waals surface area (Å²) in [5.74, 6) is 0.701. The third-order valence-electron chi connectivity index (χ3n) is 3.38. The van der Waals surface area contributed by atoms with Crippen molar-refractivity contribution >= 4 is 5.65 Å². The van der Waals surface area contributed by atoms with Crippen LogP contribution in [-0.4, -0.2) is 18.9 Å². The molecule has 0 spiro atoms. The van der Waals surface area contributed by atoms with Crippen LogP contribution < -0.4 is 0 Å². The Morgan fingerprint density at radius 1 is 1.00 bits per heavy atom. The van der Waals surface area contributed by atoms with Gasteiger partial charge in [-0.05, 0) is 36.4 Å². The van der Waals surface area contributed by atoms with Crippen molar-refractivity contribution in [2.24, 2.45) is 0 Å². The van der Waals surface area contributed by atoms with Gasteiger partial charge in [-0.15, -0.1) is 0 Å². The normalized spacial score (nSPS) is 11.1. The van der Waals surface area contributed by atoms with Crippen LogP contribution >= 0.6 is 0 Å². The molecule has 5 heteroatoms. The molecule has 0 radical (unpaired) electrons. The van der Waals surface area contributed by atoms with Gasteiger partial charge in [0.15, 0.2) is 0 Å². The number of aromatic nitrogens is 4. The fraction of sp³-hybridized carbons (Fsp3) is 0. The Morgan fingerprint density at radius 3 is 2.62 bits per heavy atom. The van der Waals surface area contributed by atoms with E-state index in [0.29, 0.717) is 0 Å². The van der Waals surface area contributed by atoms with E-state index in [9.17, 15) is 4.39 Å². The average Bonchev–Trinajstić information content (AvgIpc) is 3.17. The summed E-state index contributed by atoms with van der Waals surface area (Å²) in [5, 5.41) is 0. The lowest BCUT2D eigenvalue weighted by Crippen LogP contribution is -1.98. The molecule has 3 aromatic heterocycles. The monoisotopic (exact) mass is 278 g/mol. The Hall–Kier alpha value is -2.95. The second kappa shape index (κ2) is 4.56. The molecule has 4 aromatic rings.